The number of Topliss-reactive ketones (excluding diaryl/α,β-unsaturated/α-hetero) is 1. The van der Waals surface area contributed by atoms with Gasteiger partial charge in [0, 0.05) is 30.7 Å². The first kappa shape index (κ1) is 18.2. The normalized spacial score (nSPS) is 10.9. The third-order valence-corrected chi connectivity index (χ3v) is 4.42. The summed E-state index contributed by atoms with van der Waals surface area (Å²) < 4.78 is 6.87. The zero-order chi connectivity index (χ0) is 19.9. The Morgan fingerprint density at radius 1 is 1.11 bits per heavy atom. The van der Waals surface area contributed by atoms with Crippen molar-refractivity contribution in [2.75, 3.05) is 12.3 Å². The van der Waals surface area contributed by atoms with Gasteiger partial charge in [-0.1, -0.05) is 18.2 Å². The molecule has 2 aromatic heterocycles. The summed E-state index contributed by atoms with van der Waals surface area (Å²) in [5.74, 6) is -1.75. The lowest BCUT2D eigenvalue weighted by atomic mass is 10.1. The average molecular weight is 370 g/mol. The fraction of sp³-hybridized carbons (Fsp3) is 0.222. The van der Waals surface area contributed by atoms with Crippen LogP contribution in [0, 0.1) is 6.92 Å². The van der Waals surface area contributed by atoms with E-state index in [0.29, 0.717) is 16.6 Å². The SMILES string of the molecule is Cc1[nH]c2ccccc2c1C(=O)OCC(=O)c1c(N)n(C)c(=O)n(C)c1=O. The van der Waals surface area contributed by atoms with Gasteiger partial charge >= 0.3 is 11.7 Å². The van der Waals surface area contributed by atoms with E-state index >= 15 is 0 Å². The number of carbonyl (C=O) groups excluding carboxylic acids is 2. The lowest BCUT2D eigenvalue weighted by Crippen LogP contribution is -2.42. The highest BCUT2D eigenvalue weighted by Gasteiger charge is 2.23. The molecule has 3 rings (SSSR count). The molecule has 0 saturated heterocycles. The quantitative estimate of drug-likeness (QED) is 0.508. The third kappa shape index (κ3) is 2.92. The second-order valence-electron chi connectivity index (χ2n) is 6.14. The number of nitrogen functional groups attached to an aromatic ring is 1. The number of aromatic amines is 1. The number of ketones is 1. The number of esters is 1. The van der Waals surface area contributed by atoms with Crippen LogP contribution in [0.4, 0.5) is 5.82 Å². The van der Waals surface area contributed by atoms with Crippen LogP contribution in [-0.2, 0) is 18.8 Å². The summed E-state index contributed by atoms with van der Waals surface area (Å²) in [5.41, 5.74) is 5.56. The van der Waals surface area contributed by atoms with Gasteiger partial charge in [0.2, 0.25) is 5.78 Å². The monoisotopic (exact) mass is 370 g/mol. The number of hydrogen-bond donors (Lipinski definition) is 2. The van der Waals surface area contributed by atoms with E-state index in [-0.39, 0.29) is 11.4 Å². The summed E-state index contributed by atoms with van der Waals surface area (Å²) in [6, 6.07) is 7.19. The Balaban J connectivity index is 1.88. The van der Waals surface area contributed by atoms with Gasteiger partial charge in [-0.25, -0.2) is 9.59 Å². The predicted molar refractivity (Wildman–Crippen MR) is 99.0 cm³/mol. The second kappa shape index (κ2) is 6.60. The van der Waals surface area contributed by atoms with E-state index in [1.54, 1.807) is 19.1 Å². The molecule has 0 fully saturated rings. The number of hydrogen-bond acceptors (Lipinski definition) is 6. The van der Waals surface area contributed by atoms with E-state index in [4.69, 9.17) is 10.5 Å². The van der Waals surface area contributed by atoms with Crippen LogP contribution in [0.25, 0.3) is 10.9 Å². The Kier molecular flexibility index (Phi) is 4.44. The zero-order valence-electron chi connectivity index (χ0n) is 15.0. The van der Waals surface area contributed by atoms with Crippen molar-refractivity contribution in [1.82, 2.24) is 14.1 Å². The number of nitrogens with two attached hydrogens (primary N) is 1. The van der Waals surface area contributed by atoms with Gasteiger partial charge in [-0.3, -0.25) is 18.7 Å². The predicted octanol–water partition coefficient (Wildman–Crippen LogP) is 0.496. The highest BCUT2D eigenvalue weighted by Crippen LogP contribution is 2.22. The number of aromatic nitrogens is 3. The molecule has 0 atom stereocenters. The van der Waals surface area contributed by atoms with E-state index in [2.05, 4.69) is 4.98 Å². The van der Waals surface area contributed by atoms with Crippen LogP contribution in [0.1, 0.15) is 26.4 Å². The molecule has 140 valence electrons. The fourth-order valence-corrected chi connectivity index (χ4v) is 2.94. The van der Waals surface area contributed by atoms with Crippen LogP contribution >= 0.6 is 0 Å². The summed E-state index contributed by atoms with van der Waals surface area (Å²) in [5, 5.41) is 0.671. The molecule has 3 aromatic rings. The van der Waals surface area contributed by atoms with E-state index in [0.717, 1.165) is 14.7 Å². The molecule has 0 spiro atoms. The number of rotatable bonds is 4. The molecular weight excluding hydrogens is 352 g/mol. The second-order valence-corrected chi connectivity index (χ2v) is 6.14. The molecule has 3 N–H and O–H groups in total. The molecule has 0 aliphatic carbocycles. The van der Waals surface area contributed by atoms with Crippen LogP contribution in [0.3, 0.4) is 0 Å². The van der Waals surface area contributed by atoms with Crippen LogP contribution in [-0.4, -0.2) is 32.5 Å². The Morgan fingerprint density at radius 3 is 2.48 bits per heavy atom. The van der Waals surface area contributed by atoms with Gasteiger partial charge in [0.1, 0.15) is 11.4 Å². The molecular formula is C18H18N4O5. The number of nitrogens with zero attached hydrogens (tertiary/aromatic N) is 2. The van der Waals surface area contributed by atoms with Crippen LogP contribution in [0.5, 0.6) is 0 Å². The lowest BCUT2D eigenvalue weighted by molar-refractivity contribution is 0.0475. The molecule has 0 radical (unpaired) electrons. The summed E-state index contributed by atoms with van der Waals surface area (Å²) in [4.78, 5) is 52.0. The topological polar surface area (TPSA) is 129 Å². The number of para-hydroxylation sites is 1. The molecule has 0 bridgehead atoms. The number of benzene rings is 1. The molecule has 27 heavy (non-hydrogen) atoms. The lowest BCUT2D eigenvalue weighted by Gasteiger charge is -2.11. The minimum absolute atomic E-state index is 0.271. The molecule has 0 unspecified atom stereocenters. The van der Waals surface area contributed by atoms with E-state index in [1.807, 2.05) is 12.1 Å². The van der Waals surface area contributed by atoms with Crippen molar-refractivity contribution in [2.24, 2.45) is 14.1 Å². The summed E-state index contributed by atoms with van der Waals surface area (Å²) in [7, 11) is 2.58. The molecule has 9 heteroatoms. The maximum absolute atomic E-state index is 12.5. The maximum Gasteiger partial charge on any atom is 0.341 e. The molecule has 2 heterocycles. The number of nitrogens with one attached hydrogen (secondary N) is 1. The zero-order valence-corrected chi connectivity index (χ0v) is 15.0. The van der Waals surface area contributed by atoms with Gasteiger partial charge in [-0.05, 0) is 13.0 Å². The van der Waals surface area contributed by atoms with Crippen molar-refractivity contribution in [3.63, 3.8) is 0 Å². The van der Waals surface area contributed by atoms with Gasteiger partial charge in [-0.15, -0.1) is 0 Å². The Hall–Kier alpha value is -3.62. The van der Waals surface area contributed by atoms with E-state index in [9.17, 15) is 19.2 Å². The van der Waals surface area contributed by atoms with Gasteiger partial charge in [0.05, 0.1) is 5.56 Å². The minimum Gasteiger partial charge on any atom is -0.454 e. The average Bonchev–Trinajstić information content (AvgIpc) is 2.98. The van der Waals surface area contributed by atoms with Gasteiger partial charge in [0.15, 0.2) is 6.61 Å². The number of ether oxygens (including phenoxy) is 1. The first-order valence-corrected chi connectivity index (χ1v) is 8.07. The van der Waals surface area contributed by atoms with Crippen molar-refractivity contribution in [2.45, 2.75) is 6.92 Å². The van der Waals surface area contributed by atoms with Crippen LogP contribution < -0.4 is 17.0 Å². The molecule has 0 aliphatic heterocycles. The minimum atomic E-state index is -0.833. The third-order valence-electron chi connectivity index (χ3n) is 4.42. The number of aryl methyl sites for hydroxylation is 1. The first-order valence-electron chi connectivity index (χ1n) is 8.07. The van der Waals surface area contributed by atoms with Crippen molar-refractivity contribution in [3.8, 4) is 0 Å². The van der Waals surface area contributed by atoms with Crippen molar-refractivity contribution in [3.05, 3.63) is 61.9 Å². The van der Waals surface area contributed by atoms with Gasteiger partial charge in [-0.2, -0.15) is 0 Å². The van der Waals surface area contributed by atoms with E-state index in [1.165, 1.54) is 14.1 Å². The molecule has 1 aromatic carbocycles. The van der Waals surface area contributed by atoms with Gasteiger partial charge in [0.25, 0.3) is 5.56 Å². The van der Waals surface area contributed by atoms with E-state index < -0.39 is 29.6 Å². The number of carbonyl (C=O) groups is 2. The Morgan fingerprint density at radius 2 is 1.78 bits per heavy atom. The summed E-state index contributed by atoms with van der Waals surface area (Å²) >= 11 is 0. The van der Waals surface area contributed by atoms with Crippen molar-refractivity contribution in [1.29, 1.82) is 0 Å². The van der Waals surface area contributed by atoms with Gasteiger partial charge < -0.3 is 15.5 Å². The molecule has 0 saturated carbocycles. The van der Waals surface area contributed by atoms with Crippen molar-refractivity contribution < 1.29 is 14.3 Å². The van der Waals surface area contributed by atoms with Crippen LogP contribution in [0.15, 0.2) is 33.9 Å². The largest absolute Gasteiger partial charge is 0.454 e. The number of H-pyrrole nitrogens is 1. The highest BCUT2D eigenvalue weighted by atomic mass is 16.5. The number of anilines is 1. The fourth-order valence-electron chi connectivity index (χ4n) is 2.94. The highest BCUT2D eigenvalue weighted by molar-refractivity contribution is 6.07. The van der Waals surface area contributed by atoms with Crippen molar-refractivity contribution >= 4 is 28.5 Å². The molecule has 0 aliphatic rings. The maximum atomic E-state index is 12.5. The standard InChI is InChI=1S/C18H18N4O5/c1-9-13(10-6-4-5-7-11(10)20-9)17(25)27-8-12(23)14-15(19)21(2)18(26)22(3)16(14)24/h4-7,20H,8,19H2,1-3H3. The summed E-state index contributed by atoms with van der Waals surface area (Å²) in [6.45, 7) is 1.05. The Bertz CT molecular complexity index is 1200. The number of fused-ring (bicyclic) bond motifs is 1. The smallest absolute Gasteiger partial charge is 0.341 e. The Labute approximate surface area is 153 Å². The summed E-state index contributed by atoms with van der Waals surface area (Å²) in [6.07, 6.45) is 0. The molecule has 0 amide bonds. The first-order chi connectivity index (χ1) is 12.7. The molecule has 9 nitrogen and oxygen atoms in total. The van der Waals surface area contributed by atoms with Crippen LogP contribution in [0.2, 0.25) is 0 Å².